The van der Waals surface area contributed by atoms with Crippen LogP contribution < -0.4 is 0 Å². The Morgan fingerprint density at radius 2 is 1.61 bits per heavy atom. The monoisotopic (exact) mass is 496 g/mol. The maximum absolute atomic E-state index is 11.9. The number of ether oxygens (including phenoxy) is 2. The summed E-state index contributed by atoms with van der Waals surface area (Å²) in [4.78, 5) is 11.9. The highest BCUT2D eigenvalue weighted by Crippen LogP contribution is 2.77. The van der Waals surface area contributed by atoms with E-state index in [-0.39, 0.29) is 17.5 Å². The molecule has 3 heteroatoms. The molecular weight excluding hydrogens is 444 g/mol. The summed E-state index contributed by atoms with van der Waals surface area (Å²) >= 11 is 0. The average molecular weight is 497 g/mol. The SMILES string of the molecule is CC(=O)OC1CCC2(C)C(CCC3(C)C2CCC2C4=C(C(C)C)CCC4(C4CO4)CCC23C)C1(C)C. The van der Waals surface area contributed by atoms with E-state index in [1.165, 1.54) is 57.8 Å². The number of fused-ring (bicyclic) bond motifs is 7. The molecule has 0 spiro atoms. The number of hydrogen-bond acceptors (Lipinski definition) is 3. The van der Waals surface area contributed by atoms with E-state index in [1.807, 2.05) is 11.1 Å². The Morgan fingerprint density at radius 1 is 0.889 bits per heavy atom. The molecule has 1 saturated heterocycles. The van der Waals surface area contributed by atoms with Crippen molar-refractivity contribution in [3.8, 4) is 0 Å². The molecule has 9 atom stereocenters. The van der Waals surface area contributed by atoms with Gasteiger partial charge >= 0.3 is 5.97 Å². The lowest BCUT2D eigenvalue weighted by atomic mass is 9.33. The summed E-state index contributed by atoms with van der Waals surface area (Å²) in [5, 5.41) is 0. The number of esters is 1. The molecule has 3 nitrogen and oxygen atoms in total. The van der Waals surface area contributed by atoms with Crippen LogP contribution in [0.15, 0.2) is 11.1 Å². The van der Waals surface area contributed by atoms with Gasteiger partial charge in [-0.3, -0.25) is 4.79 Å². The molecule has 0 aromatic rings. The molecule has 6 rings (SSSR count). The van der Waals surface area contributed by atoms with Crippen molar-refractivity contribution in [2.45, 2.75) is 132 Å². The van der Waals surface area contributed by atoms with Gasteiger partial charge in [0.25, 0.3) is 0 Å². The van der Waals surface area contributed by atoms with Crippen LogP contribution in [0.2, 0.25) is 0 Å². The molecule has 9 unspecified atom stereocenters. The molecule has 1 heterocycles. The molecule has 0 radical (unpaired) electrons. The molecule has 0 amide bonds. The first-order valence-corrected chi connectivity index (χ1v) is 15.3. The van der Waals surface area contributed by atoms with Crippen LogP contribution in [0, 0.1) is 50.7 Å². The van der Waals surface area contributed by atoms with Crippen LogP contribution in [-0.4, -0.2) is 24.8 Å². The summed E-state index contributed by atoms with van der Waals surface area (Å²) in [5.74, 6) is 2.68. The van der Waals surface area contributed by atoms with E-state index in [0.29, 0.717) is 39.6 Å². The molecule has 6 aliphatic rings. The van der Waals surface area contributed by atoms with Crippen LogP contribution in [0.5, 0.6) is 0 Å². The summed E-state index contributed by atoms with van der Waals surface area (Å²) in [6, 6.07) is 0. The van der Waals surface area contributed by atoms with Gasteiger partial charge < -0.3 is 9.47 Å². The number of carbonyl (C=O) groups excluding carboxylic acids is 1. The molecule has 5 fully saturated rings. The Labute approximate surface area is 220 Å². The van der Waals surface area contributed by atoms with Gasteiger partial charge in [0.15, 0.2) is 0 Å². The number of carbonyl (C=O) groups is 1. The molecule has 0 aromatic carbocycles. The summed E-state index contributed by atoms with van der Waals surface area (Å²) < 4.78 is 12.0. The first-order valence-electron chi connectivity index (χ1n) is 15.3. The van der Waals surface area contributed by atoms with Crippen LogP contribution in [0.3, 0.4) is 0 Å². The summed E-state index contributed by atoms with van der Waals surface area (Å²) in [7, 11) is 0. The maximum Gasteiger partial charge on any atom is 0.302 e. The van der Waals surface area contributed by atoms with Crippen molar-refractivity contribution in [2.24, 2.45) is 50.7 Å². The minimum atomic E-state index is -0.110. The Balaban J connectivity index is 1.38. The first-order chi connectivity index (χ1) is 16.8. The third kappa shape index (κ3) is 3.10. The van der Waals surface area contributed by atoms with Crippen molar-refractivity contribution in [3.05, 3.63) is 11.1 Å². The quantitative estimate of drug-likeness (QED) is 0.225. The van der Waals surface area contributed by atoms with Crippen LogP contribution in [0.25, 0.3) is 0 Å². The van der Waals surface area contributed by atoms with Gasteiger partial charge in [0.1, 0.15) is 6.10 Å². The van der Waals surface area contributed by atoms with E-state index in [4.69, 9.17) is 9.47 Å². The van der Waals surface area contributed by atoms with Gasteiger partial charge in [-0.15, -0.1) is 0 Å². The zero-order valence-corrected chi connectivity index (χ0v) is 24.5. The molecule has 0 aromatic heterocycles. The zero-order chi connectivity index (χ0) is 25.9. The number of rotatable bonds is 3. The number of epoxide rings is 1. The van der Waals surface area contributed by atoms with Gasteiger partial charge in [-0.2, -0.15) is 0 Å². The van der Waals surface area contributed by atoms with Gasteiger partial charge in [0.2, 0.25) is 0 Å². The Kier molecular flexibility index (Phi) is 5.55. The van der Waals surface area contributed by atoms with Gasteiger partial charge in [0, 0.05) is 17.8 Å². The second kappa shape index (κ2) is 7.86. The van der Waals surface area contributed by atoms with Crippen LogP contribution in [0.4, 0.5) is 0 Å². The summed E-state index contributed by atoms with van der Waals surface area (Å²) in [6.07, 6.45) is 13.5. The third-order valence-electron chi connectivity index (χ3n) is 13.9. The highest BCUT2D eigenvalue weighted by molar-refractivity contribution is 5.66. The lowest BCUT2D eigenvalue weighted by molar-refractivity contribution is -0.233. The first kappa shape index (κ1) is 25.4. The van der Waals surface area contributed by atoms with Crippen molar-refractivity contribution in [1.82, 2.24) is 0 Å². The van der Waals surface area contributed by atoms with E-state index in [2.05, 4.69) is 48.5 Å². The smallest absolute Gasteiger partial charge is 0.302 e. The Bertz CT molecular complexity index is 973. The lowest BCUT2D eigenvalue weighted by Gasteiger charge is -2.72. The normalized spacial score (nSPS) is 51.2. The predicted octanol–water partition coefficient (Wildman–Crippen LogP) is 8.12. The van der Waals surface area contributed by atoms with Gasteiger partial charge in [0.05, 0.1) is 12.7 Å². The van der Waals surface area contributed by atoms with E-state index < -0.39 is 0 Å². The molecule has 36 heavy (non-hydrogen) atoms. The number of hydrogen-bond donors (Lipinski definition) is 0. The van der Waals surface area contributed by atoms with Crippen LogP contribution in [0.1, 0.15) is 120 Å². The fraction of sp³-hybridized carbons (Fsp3) is 0.909. The Morgan fingerprint density at radius 3 is 2.25 bits per heavy atom. The molecule has 5 aliphatic carbocycles. The van der Waals surface area contributed by atoms with E-state index in [9.17, 15) is 4.79 Å². The predicted molar refractivity (Wildman–Crippen MR) is 144 cm³/mol. The van der Waals surface area contributed by atoms with Gasteiger partial charge in [-0.25, -0.2) is 0 Å². The fourth-order valence-electron chi connectivity index (χ4n) is 12.0. The van der Waals surface area contributed by atoms with Crippen molar-refractivity contribution >= 4 is 5.97 Å². The van der Waals surface area contributed by atoms with E-state index >= 15 is 0 Å². The van der Waals surface area contributed by atoms with Crippen LogP contribution >= 0.6 is 0 Å². The second-order valence-corrected chi connectivity index (χ2v) is 15.6. The van der Waals surface area contributed by atoms with Crippen molar-refractivity contribution in [1.29, 1.82) is 0 Å². The third-order valence-corrected chi connectivity index (χ3v) is 13.9. The average Bonchev–Trinajstić information content (AvgIpc) is 3.57. The molecule has 202 valence electrons. The standard InChI is InChI=1S/C33H52O3/c1-20(2)22-11-16-33(27-19-35-27)18-17-31(7)23(28(22)33)9-10-25-30(6)14-13-26(36-21(3)34)29(4,5)24(30)12-15-32(25,31)8/h20,23-27H,9-19H2,1-8H3. The zero-order valence-electron chi connectivity index (χ0n) is 24.5. The lowest BCUT2D eigenvalue weighted by Crippen LogP contribution is -2.66. The van der Waals surface area contributed by atoms with Crippen LogP contribution in [-0.2, 0) is 14.3 Å². The molecule has 4 saturated carbocycles. The fourth-order valence-corrected chi connectivity index (χ4v) is 12.0. The highest BCUT2D eigenvalue weighted by Gasteiger charge is 2.70. The van der Waals surface area contributed by atoms with Gasteiger partial charge in [-0.05, 0) is 104 Å². The summed E-state index contributed by atoms with van der Waals surface area (Å²) in [5.41, 5.74) is 5.20. The van der Waals surface area contributed by atoms with E-state index in [1.54, 1.807) is 6.92 Å². The molecule has 1 aliphatic heterocycles. The minimum Gasteiger partial charge on any atom is -0.462 e. The number of allylic oxidation sites excluding steroid dienone is 1. The molecular formula is C33H52O3. The summed E-state index contributed by atoms with van der Waals surface area (Å²) in [6.45, 7) is 20.4. The molecule has 0 bridgehead atoms. The second-order valence-electron chi connectivity index (χ2n) is 15.6. The largest absolute Gasteiger partial charge is 0.462 e. The topological polar surface area (TPSA) is 38.8 Å². The van der Waals surface area contributed by atoms with Crippen molar-refractivity contribution in [2.75, 3.05) is 6.61 Å². The van der Waals surface area contributed by atoms with Gasteiger partial charge in [-0.1, -0.05) is 59.6 Å². The Hall–Kier alpha value is -0.830. The van der Waals surface area contributed by atoms with Crippen molar-refractivity contribution in [3.63, 3.8) is 0 Å². The maximum atomic E-state index is 11.9. The van der Waals surface area contributed by atoms with Crippen molar-refractivity contribution < 1.29 is 14.3 Å². The van der Waals surface area contributed by atoms with E-state index in [0.717, 1.165) is 24.9 Å². The highest BCUT2D eigenvalue weighted by atomic mass is 16.6. The molecule has 0 N–H and O–H groups in total. The minimum absolute atomic E-state index is 0.0432.